The summed E-state index contributed by atoms with van der Waals surface area (Å²) in [5.74, 6) is -0.0120. The smallest absolute Gasteiger partial charge is 0.257 e. The molecular formula is C18H20N4OS. The van der Waals surface area contributed by atoms with Crippen molar-refractivity contribution in [3.8, 4) is 0 Å². The van der Waals surface area contributed by atoms with Gasteiger partial charge in [0.2, 0.25) is 0 Å². The third kappa shape index (κ3) is 2.71. The van der Waals surface area contributed by atoms with Crippen LogP contribution in [0.3, 0.4) is 0 Å². The molecule has 6 heteroatoms. The van der Waals surface area contributed by atoms with Crippen molar-refractivity contribution in [3.05, 3.63) is 51.2 Å². The molecule has 0 spiro atoms. The number of hydrogen-bond acceptors (Lipinski definition) is 4. The Bertz CT molecular complexity index is 888. The second-order valence-electron chi connectivity index (χ2n) is 6.44. The van der Waals surface area contributed by atoms with E-state index in [-0.39, 0.29) is 5.91 Å². The molecule has 1 aliphatic rings. The van der Waals surface area contributed by atoms with Gasteiger partial charge in [-0.1, -0.05) is 6.07 Å². The SMILES string of the molecule is Cc1ccc2c(C(=O)N(C)Cc3nc4c(s3)CCCC4)cnn2c1. The van der Waals surface area contributed by atoms with Crippen LogP contribution in [0.5, 0.6) is 0 Å². The summed E-state index contributed by atoms with van der Waals surface area (Å²) in [6.07, 6.45) is 8.29. The molecule has 3 aromatic heterocycles. The van der Waals surface area contributed by atoms with Crippen LogP contribution >= 0.6 is 11.3 Å². The molecule has 3 aromatic rings. The third-order valence-corrected chi connectivity index (χ3v) is 5.65. The monoisotopic (exact) mass is 340 g/mol. The minimum absolute atomic E-state index is 0.0120. The first kappa shape index (κ1) is 15.3. The lowest BCUT2D eigenvalue weighted by Crippen LogP contribution is -2.26. The molecule has 0 N–H and O–H groups in total. The number of fused-ring (bicyclic) bond motifs is 2. The van der Waals surface area contributed by atoms with Gasteiger partial charge in [-0.25, -0.2) is 9.50 Å². The molecule has 0 saturated heterocycles. The molecule has 0 bridgehead atoms. The van der Waals surface area contributed by atoms with E-state index in [4.69, 9.17) is 4.98 Å². The Labute approximate surface area is 144 Å². The van der Waals surface area contributed by atoms with Crippen molar-refractivity contribution in [2.75, 3.05) is 7.05 Å². The lowest BCUT2D eigenvalue weighted by molar-refractivity contribution is 0.0787. The maximum atomic E-state index is 12.8. The number of pyridine rings is 1. The number of aryl methyl sites for hydroxylation is 3. The van der Waals surface area contributed by atoms with Gasteiger partial charge >= 0.3 is 0 Å². The zero-order valence-electron chi connectivity index (χ0n) is 14.0. The largest absolute Gasteiger partial charge is 0.335 e. The predicted molar refractivity (Wildman–Crippen MR) is 94.5 cm³/mol. The normalized spacial score (nSPS) is 13.9. The van der Waals surface area contributed by atoms with Crippen LogP contribution in [0.15, 0.2) is 24.5 Å². The zero-order valence-corrected chi connectivity index (χ0v) is 14.8. The number of nitrogens with zero attached hydrogens (tertiary/aromatic N) is 4. The number of thiazole rings is 1. The van der Waals surface area contributed by atoms with Gasteiger partial charge in [0.05, 0.1) is 29.5 Å². The molecule has 0 unspecified atom stereocenters. The summed E-state index contributed by atoms with van der Waals surface area (Å²) in [4.78, 5) is 20.7. The molecule has 3 heterocycles. The number of aromatic nitrogens is 3. The first-order chi connectivity index (χ1) is 11.6. The highest BCUT2D eigenvalue weighted by Crippen LogP contribution is 2.27. The van der Waals surface area contributed by atoms with Gasteiger partial charge < -0.3 is 4.90 Å². The molecule has 0 atom stereocenters. The summed E-state index contributed by atoms with van der Waals surface area (Å²) in [5.41, 5.74) is 3.84. The van der Waals surface area contributed by atoms with Gasteiger partial charge in [-0.2, -0.15) is 5.10 Å². The minimum atomic E-state index is -0.0120. The summed E-state index contributed by atoms with van der Waals surface area (Å²) in [6.45, 7) is 2.57. The van der Waals surface area contributed by atoms with Crippen LogP contribution in [0.1, 0.15) is 44.3 Å². The molecule has 1 amide bonds. The van der Waals surface area contributed by atoms with Crippen molar-refractivity contribution in [2.45, 2.75) is 39.2 Å². The maximum absolute atomic E-state index is 12.8. The van der Waals surface area contributed by atoms with E-state index < -0.39 is 0 Å². The Kier molecular flexibility index (Phi) is 3.84. The second-order valence-corrected chi connectivity index (χ2v) is 7.61. The molecule has 0 fully saturated rings. The Hall–Kier alpha value is -2.21. The lowest BCUT2D eigenvalue weighted by Gasteiger charge is -2.14. The molecule has 4 rings (SSSR count). The zero-order chi connectivity index (χ0) is 16.7. The number of carbonyl (C=O) groups is 1. The van der Waals surface area contributed by atoms with Gasteiger partial charge in [0, 0.05) is 18.1 Å². The van der Waals surface area contributed by atoms with Crippen LogP contribution in [0.4, 0.5) is 0 Å². The fourth-order valence-electron chi connectivity index (χ4n) is 3.21. The van der Waals surface area contributed by atoms with E-state index in [1.165, 1.54) is 23.4 Å². The average Bonchev–Trinajstić information content (AvgIpc) is 3.16. The van der Waals surface area contributed by atoms with E-state index in [1.54, 1.807) is 26.9 Å². The van der Waals surface area contributed by atoms with Crippen molar-refractivity contribution in [1.82, 2.24) is 19.5 Å². The van der Waals surface area contributed by atoms with E-state index in [2.05, 4.69) is 5.10 Å². The molecular weight excluding hydrogens is 320 g/mol. The average molecular weight is 340 g/mol. The van der Waals surface area contributed by atoms with Gasteiger partial charge in [0.25, 0.3) is 5.91 Å². The summed E-state index contributed by atoms with van der Waals surface area (Å²) in [7, 11) is 1.83. The summed E-state index contributed by atoms with van der Waals surface area (Å²) >= 11 is 1.76. The number of amides is 1. The van der Waals surface area contributed by atoms with Gasteiger partial charge in [0.1, 0.15) is 5.01 Å². The molecule has 1 aliphatic carbocycles. The third-order valence-electron chi connectivity index (χ3n) is 4.50. The first-order valence-corrected chi connectivity index (χ1v) is 9.10. The second kappa shape index (κ2) is 6.02. The Balaban J connectivity index is 1.56. The van der Waals surface area contributed by atoms with Crippen molar-refractivity contribution < 1.29 is 4.79 Å². The fourth-order valence-corrected chi connectivity index (χ4v) is 4.42. The van der Waals surface area contributed by atoms with Crippen molar-refractivity contribution >= 4 is 22.8 Å². The van der Waals surface area contributed by atoms with Gasteiger partial charge in [-0.3, -0.25) is 4.79 Å². The van der Waals surface area contributed by atoms with E-state index in [1.807, 2.05) is 32.3 Å². The van der Waals surface area contributed by atoms with Crippen LogP contribution in [0.2, 0.25) is 0 Å². The molecule has 0 radical (unpaired) electrons. The van der Waals surface area contributed by atoms with Crippen molar-refractivity contribution in [2.24, 2.45) is 0 Å². The standard InChI is InChI=1S/C18H20N4OS/c1-12-7-8-15-13(9-19-22(15)10-12)18(23)21(2)11-17-20-14-5-3-4-6-16(14)24-17/h7-10H,3-6,11H2,1-2H3. The summed E-state index contributed by atoms with van der Waals surface area (Å²) in [6, 6.07) is 3.95. The van der Waals surface area contributed by atoms with Crippen LogP contribution in [0.25, 0.3) is 5.52 Å². The highest BCUT2D eigenvalue weighted by atomic mass is 32.1. The predicted octanol–water partition coefficient (Wildman–Crippen LogP) is 3.25. The topological polar surface area (TPSA) is 50.5 Å². The molecule has 124 valence electrons. The molecule has 0 saturated carbocycles. The molecule has 0 aromatic carbocycles. The van der Waals surface area contributed by atoms with Crippen molar-refractivity contribution in [3.63, 3.8) is 0 Å². The number of rotatable bonds is 3. The minimum Gasteiger partial charge on any atom is -0.335 e. The van der Waals surface area contributed by atoms with Gasteiger partial charge in [0.15, 0.2) is 0 Å². The fraction of sp³-hybridized carbons (Fsp3) is 0.389. The quantitative estimate of drug-likeness (QED) is 0.735. The number of hydrogen-bond donors (Lipinski definition) is 0. The Morgan fingerprint density at radius 2 is 2.17 bits per heavy atom. The lowest BCUT2D eigenvalue weighted by atomic mass is 10.0. The summed E-state index contributed by atoms with van der Waals surface area (Å²) in [5, 5.41) is 5.33. The highest BCUT2D eigenvalue weighted by molar-refractivity contribution is 7.11. The van der Waals surface area contributed by atoms with E-state index >= 15 is 0 Å². The van der Waals surface area contributed by atoms with E-state index in [0.717, 1.165) is 28.9 Å². The Morgan fingerprint density at radius 1 is 1.33 bits per heavy atom. The van der Waals surface area contributed by atoms with E-state index in [9.17, 15) is 4.79 Å². The molecule has 0 aliphatic heterocycles. The van der Waals surface area contributed by atoms with Crippen LogP contribution in [-0.4, -0.2) is 32.5 Å². The van der Waals surface area contributed by atoms with Crippen molar-refractivity contribution in [1.29, 1.82) is 0 Å². The number of carbonyl (C=O) groups excluding carboxylic acids is 1. The highest BCUT2D eigenvalue weighted by Gasteiger charge is 2.20. The summed E-state index contributed by atoms with van der Waals surface area (Å²) < 4.78 is 1.76. The molecule has 5 nitrogen and oxygen atoms in total. The van der Waals surface area contributed by atoms with Crippen LogP contribution < -0.4 is 0 Å². The molecule has 24 heavy (non-hydrogen) atoms. The maximum Gasteiger partial charge on any atom is 0.257 e. The van der Waals surface area contributed by atoms with Gasteiger partial charge in [-0.15, -0.1) is 11.3 Å². The van der Waals surface area contributed by atoms with Gasteiger partial charge in [-0.05, 0) is 44.2 Å². The van der Waals surface area contributed by atoms with Crippen LogP contribution in [-0.2, 0) is 19.4 Å². The Morgan fingerprint density at radius 3 is 3.00 bits per heavy atom. The first-order valence-electron chi connectivity index (χ1n) is 8.29. The van der Waals surface area contributed by atoms with E-state index in [0.29, 0.717) is 12.1 Å². The van der Waals surface area contributed by atoms with Crippen LogP contribution in [0, 0.1) is 6.92 Å².